The first-order valence-corrected chi connectivity index (χ1v) is 8.26. The first-order chi connectivity index (χ1) is 9.97. The molecule has 1 spiro atoms. The number of hydrogen-bond acceptors (Lipinski definition) is 5. The lowest BCUT2D eigenvalue weighted by atomic mass is 9.87. The van der Waals surface area contributed by atoms with Crippen LogP contribution in [0, 0.1) is 19.3 Å². The fourth-order valence-electron chi connectivity index (χ4n) is 3.45. The zero-order valence-corrected chi connectivity index (χ0v) is 13.8. The van der Waals surface area contributed by atoms with Crippen molar-refractivity contribution in [3.63, 3.8) is 0 Å². The van der Waals surface area contributed by atoms with Crippen LogP contribution < -0.4 is 0 Å². The van der Waals surface area contributed by atoms with Crippen LogP contribution in [0.2, 0.25) is 0 Å². The molecule has 0 saturated carbocycles. The number of amides is 1. The van der Waals surface area contributed by atoms with Crippen LogP contribution in [0.25, 0.3) is 0 Å². The van der Waals surface area contributed by atoms with Gasteiger partial charge < -0.3 is 9.64 Å². The molecule has 0 bridgehead atoms. The summed E-state index contributed by atoms with van der Waals surface area (Å²) in [5.74, 6) is 0.241. The summed E-state index contributed by atoms with van der Waals surface area (Å²) in [5.41, 5.74) is 1.10. The zero-order valence-electron chi connectivity index (χ0n) is 13.0. The quantitative estimate of drug-likeness (QED) is 0.829. The average Bonchev–Trinajstić information content (AvgIpc) is 2.77. The third-order valence-corrected chi connectivity index (χ3v) is 5.47. The third kappa shape index (κ3) is 3.12. The fraction of sp³-hybridized carbons (Fsp3) is 0.733. The summed E-state index contributed by atoms with van der Waals surface area (Å²) in [4.78, 5) is 22.0. The molecule has 3 rings (SSSR count). The van der Waals surface area contributed by atoms with E-state index in [1.807, 2.05) is 11.9 Å². The van der Waals surface area contributed by atoms with E-state index in [4.69, 9.17) is 4.74 Å². The Morgan fingerprint density at radius 3 is 2.81 bits per heavy atom. The van der Waals surface area contributed by atoms with E-state index in [2.05, 4.69) is 23.7 Å². The van der Waals surface area contributed by atoms with Crippen molar-refractivity contribution in [2.45, 2.75) is 26.8 Å². The van der Waals surface area contributed by atoms with Gasteiger partial charge in [-0.1, -0.05) is 0 Å². The van der Waals surface area contributed by atoms with Gasteiger partial charge in [-0.25, -0.2) is 4.98 Å². The highest BCUT2D eigenvalue weighted by Crippen LogP contribution is 2.34. The maximum absolute atomic E-state index is 11.9. The minimum Gasteiger partial charge on any atom is -0.379 e. The van der Waals surface area contributed by atoms with Gasteiger partial charge in [-0.3, -0.25) is 9.69 Å². The Balaban J connectivity index is 1.74. The molecule has 3 heterocycles. The molecule has 1 amide bonds. The number of ether oxygens (including phenoxy) is 1. The third-order valence-electron chi connectivity index (χ3n) is 4.41. The molecule has 1 aromatic rings. The molecule has 1 atom stereocenters. The number of likely N-dealkylation sites (tertiary alicyclic amines) is 1. The molecule has 116 valence electrons. The second-order valence-corrected chi connectivity index (χ2v) is 7.72. The van der Waals surface area contributed by atoms with Crippen LogP contribution in [0.1, 0.15) is 22.0 Å². The van der Waals surface area contributed by atoms with Crippen molar-refractivity contribution in [3.8, 4) is 0 Å². The Labute approximate surface area is 129 Å². The number of nitrogens with zero attached hydrogens (tertiary/aromatic N) is 3. The molecule has 0 aliphatic carbocycles. The number of rotatable bonds is 2. The predicted molar refractivity (Wildman–Crippen MR) is 82.4 cm³/mol. The van der Waals surface area contributed by atoms with Crippen molar-refractivity contribution in [2.24, 2.45) is 5.41 Å². The van der Waals surface area contributed by atoms with Gasteiger partial charge in [0.05, 0.1) is 23.9 Å². The summed E-state index contributed by atoms with van der Waals surface area (Å²) in [5, 5.41) is 1.12. The molecule has 2 aliphatic heterocycles. The van der Waals surface area contributed by atoms with Gasteiger partial charge in [0.25, 0.3) is 0 Å². The number of aryl methyl sites for hydroxylation is 2. The van der Waals surface area contributed by atoms with Gasteiger partial charge in [-0.05, 0) is 13.8 Å². The van der Waals surface area contributed by atoms with Crippen LogP contribution in [0.15, 0.2) is 0 Å². The second kappa shape index (κ2) is 5.66. The van der Waals surface area contributed by atoms with Gasteiger partial charge in [-0.2, -0.15) is 0 Å². The van der Waals surface area contributed by atoms with E-state index in [9.17, 15) is 4.79 Å². The van der Waals surface area contributed by atoms with Crippen LogP contribution in [0.3, 0.4) is 0 Å². The highest BCUT2D eigenvalue weighted by atomic mass is 32.1. The summed E-state index contributed by atoms with van der Waals surface area (Å²) in [6.07, 6.45) is 0.612. The zero-order chi connectivity index (χ0) is 15.0. The Morgan fingerprint density at radius 1 is 1.38 bits per heavy atom. The Morgan fingerprint density at radius 2 is 2.19 bits per heavy atom. The minimum absolute atomic E-state index is 0.0318. The lowest BCUT2D eigenvalue weighted by Gasteiger charge is -2.30. The Kier molecular flexibility index (Phi) is 4.03. The minimum atomic E-state index is -0.0318. The SMILES string of the molecule is Cc1nc(C)c(CN2CCOCC3(CC(=O)N(C)C3)C2)s1. The van der Waals surface area contributed by atoms with Gasteiger partial charge in [0.1, 0.15) is 0 Å². The first kappa shape index (κ1) is 14.9. The fourth-order valence-corrected chi connectivity index (χ4v) is 4.42. The standard InChI is InChI=1S/C15H23N3O2S/c1-11-13(21-12(2)16-11)7-18-4-5-20-10-15(9-18)6-14(19)17(3)8-15/h4-10H2,1-3H3. The molecule has 1 aromatic heterocycles. The van der Waals surface area contributed by atoms with Gasteiger partial charge in [-0.15, -0.1) is 11.3 Å². The van der Waals surface area contributed by atoms with Crippen LogP contribution >= 0.6 is 11.3 Å². The van der Waals surface area contributed by atoms with E-state index < -0.39 is 0 Å². The number of hydrogen-bond donors (Lipinski definition) is 0. The topological polar surface area (TPSA) is 45.7 Å². The molecule has 0 aromatic carbocycles. The molecule has 0 N–H and O–H groups in total. The van der Waals surface area contributed by atoms with Crippen molar-refractivity contribution < 1.29 is 9.53 Å². The summed E-state index contributed by atoms with van der Waals surface area (Å²) in [6, 6.07) is 0. The van der Waals surface area contributed by atoms with Crippen LogP contribution in [-0.4, -0.2) is 60.6 Å². The highest BCUT2D eigenvalue weighted by Gasteiger charge is 2.44. The van der Waals surface area contributed by atoms with E-state index in [0.717, 1.165) is 43.5 Å². The van der Waals surface area contributed by atoms with Crippen LogP contribution in [-0.2, 0) is 16.1 Å². The van der Waals surface area contributed by atoms with E-state index in [0.29, 0.717) is 13.0 Å². The summed E-state index contributed by atoms with van der Waals surface area (Å²) in [7, 11) is 1.89. The molecule has 1 unspecified atom stereocenters. The summed E-state index contributed by atoms with van der Waals surface area (Å²) in [6.45, 7) is 9.16. The Hall–Kier alpha value is -0.980. The van der Waals surface area contributed by atoms with Crippen molar-refractivity contribution in [2.75, 3.05) is 39.9 Å². The van der Waals surface area contributed by atoms with E-state index in [1.165, 1.54) is 4.88 Å². The smallest absolute Gasteiger partial charge is 0.223 e. The maximum Gasteiger partial charge on any atom is 0.223 e. The number of aromatic nitrogens is 1. The number of carbonyl (C=O) groups is 1. The molecule has 2 aliphatic rings. The van der Waals surface area contributed by atoms with Crippen LogP contribution in [0.5, 0.6) is 0 Å². The molecule has 6 heteroatoms. The van der Waals surface area contributed by atoms with Crippen molar-refractivity contribution >= 4 is 17.2 Å². The van der Waals surface area contributed by atoms with Gasteiger partial charge in [0.2, 0.25) is 5.91 Å². The van der Waals surface area contributed by atoms with E-state index >= 15 is 0 Å². The normalized spacial score (nSPS) is 27.6. The largest absolute Gasteiger partial charge is 0.379 e. The van der Waals surface area contributed by atoms with E-state index in [-0.39, 0.29) is 11.3 Å². The monoisotopic (exact) mass is 309 g/mol. The number of thiazole rings is 1. The lowest BCUT2D eigenvalue weighted by Crippen LogP contribution is -2.40. The van der Waals surface area contributed by atoms with Crippen molar-refractivity contribution in [1.82, 2.24) is 14.8 Å². The molecular weight excluding hydrogens is 286 g/mol. The van der Waals surface area contributed by atoms with Gasteiger partial charge in [0.15, 0.2) is 0 Å². The van der Waals surface area contributed by atoms with Crippen LogP contribution in [0.4, 0.5) is 0 Å². The summed E-state index contributed by atoms with van der Waals surface area (Å²) >= 11 is 1.78. The predicted octanol–water partition coefficient (Wildman–Crippen LogP) is 1.44. The average molecular weight is 309 g/mol. The first-order valence-electron chi connectivity index (χ1n) is 7.44. The maximum atomic E-state index is 11.9. The highest BCUT2D eigenvalue weighted by molar-refractivity contribution is 7.11. The molecule has 2 saturated heterocycles. The Bertz CT molecular complexity index is 545. The second-order valence-electron chi connectivity index (χ2n) is 6.43. The molecular formula is C15H23N3O2S. The van der Waals surface area contributed by atoms with Crippen molar-refractivity contribution in [1.29, 1.82) is 0 Å². The number of carbonyl (C=O) groups excluding carboxylic acids is 1. The van der Waals surface area contributed by atoms with Crippen molar-refractivity contribution in [3.05, 3.63) is 15.6 Å². The molecule has 21 heavy (non-hydrogen) atoms. The van der Waals surface area contributed by atoms with E-state index in [1.54, 1.807) is 11.3 Å². The van der Waals surface area contributed by atoms with Gasteiger partial charge in [0, 0.05) is 49.9 Å². The molecule has 2 fully saturated rings. The lowest BCUT2D eigenvalue weighted by molar-refractivity contribution is -0.126. The molecule has 0 radical (unpaired) electrons. The molecule has 5 nitrogen and oxygen atoms in total. The van der Waals surface area contributed by atoms with Gasteiger partial charge >= 0.3 is 0 Å². The summed E-state index contributed by atoms with van der Waals surface area (Å²) < 4.78 is 5.80.